The molecule has 6 heteroatoms. The number of hydrogen-bond donors (Lipinski definition) is 2. The number of ether oxygens (including phenoxy) is 1. The zero-order valence-corrected chi connectivity index (χ0v) is 8.12. The maximum Gasteiger partial charge on any atom is 0.342 e. The molecular formula is C8H10ClN3O2. The average Bonchev–Trinajstić information content (AvgIpc) is 2.18. The van der Waals surface area contributed by atoms with Crippen LogP contribution in [0.3, 0.4) is 0 Å². The van der Waals surface area contributed by atoms with Crippen molar-refractivity contribution in [1.82, 2.24) is 4.98 Å². The smallest absolute Gasteiger partial charge is 0.342 e. The van der Waals surface area contributed by atoms with Gasteiger partial charge in [-0.25, -0.2) is 9.78 Å². The van der Waals surface area contributed by atoms with Crippen LogP contribution in [0.25, 0.3) is 0 Å². The van der Waals surface area contributed by atoms with Crippen molar-refractivity contribution in [3.05, 3.63) is 17.8 Å². The van der Waals surface area contributed by atoms with Gasteiger partial charge in [0.1, 0.15) is 18.0 Å². The molecule has 5 nitrogen and oxygen atoms in total. The van der Waals surface area contributed by atoms with Crippen molar-refractivity contribution in [3.63, 3.8) is 0 Å². The van der Waals surface area contributed by atoms with E-state index in [0.717, 1.165) is 0 Å². The number of esters is 1. The van der Waals surface area contributed by atoms with E-state index < -0.39 is 5.97 Å². The third-order valence-corrected chi connectivity index (χ3v) is 1.62. The highest BCUT2D eigenvalue weighted by molar-refractivity contribution is 6.18. The summed E-state index contributed by atoms with van der Waals surface area (Å²) in [4.78, 5) is 15.0. The number of carbonyl (C=O) groups is 1. The molecular weight excluding hydrogens is 206 g/mol. The summed E-state index contributed by atoms with van der Waals surface area (Å²) in [7, 11) is 0. The van der Waals surface area contributed by atoms with Crippen LogP contribution in [0.4, 0.5) is 11.5 Å². The highest BCUT2D eigenvalue weighted by atomic mass is 35.5. The van der Waals surface area contributed by atoms with Crippen LogP contribution in [-0.4, -0.2) is 23.4 Å². The molecule has 0 aliphatic heterocycles. The number of hydrogen-bond acceptors (Lipinski definition) is 5. The predicted molar refractivity (Wildman–Crippen MR) is 54.1 cm³/mol. The Morgan fingerprint density at radius 1 is 1.57 bits per heavy atom. The van der Waals surface area contributed by atoms with Crippen molar-refractivity contribution in [2.24, 2.45) is 0 Å². The van der Waals surface area contributed by atoms with Gasteiger partial charge in [0, 0.05) is 0 Å². The minimum absolute atomic E-state index is 0.0961. The third-order valence-electron chi connectivity index (χ3n) is 1.47. The summed E-state index contributed by atoms with van der Waals surface area (Å²) in [6, 6.07) is 1.42. The monoisotopic (exact) mass is 215 g/mol. The first-order valence-electron chi connectivity index (χ1n) is 3.89. The highest BCUT2D eigenvalue weighted by Gasteiger charge is 2.12. The second kappa shape index (κ2) is 4.66. The first-order valence-corrected chi connectivity index (χ1v) is 4.42. The predicted octanol–water partition coefficient (Wildman–Crippen LogP) is 0.642. The molecule has 0 fully saturated rings. The van der Waals surface area contributed by atoms with Crippen molar-refractivity contribution in [1.29, 1.82) is 0 Å². The molecule has 0 amide bonds. The molecule has 1 aromatic heterocycles. The number of halogens is 1. The summed E-state index contributed by atoms with van der Waals surface area (Å²) in [5.74, 6) is -0.233. The first kappa shape index (κ1) is 10.6. The zero-order valence-electron chi connectivity index (χ0n) is 7.37. The molecule has 0 atom stereocenters. The van der Waals surface area contributed by atoms with E-state index in [1.54, 1.807) is 0 Å². The van der Waals surface area contributed by atoms with Gasteiger partial charge in [0.25, 0.3) is 0 Å². The van der Waals surface area contributed by atoms with Crippen molar-refractivity contribution in [2.75, 3.05) is 24.0 Å². The SMILES string of the molecule is Nc1cnc(N)c(C(=O)OCCCl)c1. The molecule has 0 saturated carbocycles. The van der Waals surface area contributed by atoms with Crippen molar-refractivity contribution in [3.8, 4) is 0 Å². The van der Waals surface area contributed by atoms with Crippen LogP contribution in [0.15, 0.2) is 12.3 Å². The van der Waals surface area contributed by atoms with E-state index in [4.69, 9.17) is 27.8 Å². The summed E-state index contributed by atoms with van der Waals surface area (Å²) in [5.41, 5.74) is 11.4. The van der Waals surface area contributed by atoms with Gasteiger partial charge >= 0.3 is 5.97 Å². The maximum atomic E-state index is 11.3. The van der Waals surface area contributed by atoms with Gasteiger partial charge in [-0.2, -0.15) is 0 Å². The highest BCUT2D eigenvalue weighted by Crippen LogP contribution is 2.13. The maximum absolute atomic E-state index is 11.3. The number of nitrogens with zero attached hydrogens (tertiary/aromatic N) is 1. The molecule has 1 aromatic rings. The van der Waals surface area contributed by atoms with Gasteiger partial charge in [-0.15, -0.1) is 11.6 Å². The van der Waals surface area contributed by atoms with Crippen molar-refractivity contribution < 1.29 is 9.53 Å². The summed E-state index contributed by atoms with van der Waals surface area (Å²) in [5, 5.41) is 0. The van der Waals surface area contributed by atoms with E-state index in [9.17, 15) is 4.79 Å². The molecule has 0 unspecified atom stereocenters. The number of pyridine rings is 1. The Bertz CT molecular complexity index is 343. The van der Waals surface area contributed by atoms with E-state index in [0.29, 0.717) is 5.69 Å². The van der Waals surface area contributed by atoms with E-state index >= 15 is 0 Å². The van der Waals surface area contributed by atoms with Gasteiger partial charge in [0.15, 0.2) is 0 Å². The van der Waals surface area contributed by atoms with Crippen LogP contribution in [0.1, 0.15) is 10.4 Å². The van der Waals surface area contributed by atoms with E-state index in [2.05, 4.69) is 4.98 Å². The number of anilines is 2. The number of nitrogens with two attached hydrogens (primary N) is 2. The molecule has 0 saturated heterocycles. The van der Waals surface area contributed by atoms with Crippen molar-refractivity contribution >= 4 is 29.1 Å². The molecule has 0 aliphatic carbocycles. The fourth-order valence-corrected chi connectivity index (χ4v) is 0.941. The normalized spacial score (nSPS) is 9.79. The lowest BCUT2D eigenvalue weighted by molar-refractivity contribution is 0.0530. The fraction of sp³-hybridized carbons (Fsp3) is 0.250. The topological polar surface area (TPSA) is 91.2 Å². The summed E-state index contributed by atoms with van der Waals surface area (Å²) < 4.78 is 4.77. The lowest BCUT2D eigenvalue weighted by atomic mass is 10.2. The second-order valence-electron chi connectivity index (χ2n) is 2.53. The average molecular weight is 216 g/mol. The quantitative estimate of drug-likeness (QED) is 0.570. The number of alkyl halides is 1. The summed E-state index contributed by atoms with van der Waals surface area (Å²) >= 11 is 5.36. The number of rotatable bonds is 3. The molecule has 76 valence electrons. The van der Waals surface area contributed by atoms with Crippen LogP contribution >= 0.6 is 11.6 Å². The largest absolute Gasteiger partial charge is 0.461 e. The van der Waals surface area contributed by atoms with Gasteiger partial charge < -0.3 is 16.2 Å². The van der Waals surface area contributed by atoms with Gasteiger partial charge in [0.2, 0.25) is 0 Å². The van der Waals surface area contributed by atoms with Gasteiger partial charge in [-0.05, 0) is 6.07 Å². The fourth-order valence-electron chi connectivity index (χ4n) is 0.864. The Morgan fingerprint density at radius 3 is 2.93 bits per heavy atom. The van der Waals surface area contributed by atoms with Gasteiger partial charge in [-0.1, -0.05) is 0 Å². The lowest BCUT2D eigenvalue weighted by Gasteiger charge is -2.05. The molecule has 0 bridgehead atoms. The minimum atomic E-state index is -0.567. The lowest BCUT2D eigenvalue weighted by Crippen LogP contribution is -2.11. The Hall–Kier alpha value is -1.49. The number of aromatic nitrogens is 1. The molecule has 0 spiro atoms. The van der Waals surface area contributed by atoms with Gasteiger partial charge in [-0.3, -0.25) is 0 Å². The molecule has 0 aliphatic rings. The molecule has 0 aromatic carbocycles. The van der Waals surface area contributed by atoms with Crippen LogP contribution in [-0.2, 0) is 4.74 Å². The Labute approximate surface area is 86.0 Å². The molecule has 4 N–H and O–H groups in total. The third kappa shape index (κ3) is 2.50. The first-order chi connectivity index (χ1) is 6.65. The second-order valence-corrected chi connectivity index (χ2v) is 2.90. The standard InChI is InChI=1S/C8H10ClN3O2/c9-1-2-14-8(13)6-3-5(10)4-12-7(6)11/h3-4H,1-2,10H2,(H2,11,12). The molecule has 14 heavy (non-hydrogen) atoms. The number of carbonyl (C=O) groups excluding carboxylic acids is 1. The molecule has 1 rings (SSSR count). The zero-order chi connectivity index (χ0) is 10.6. The van der Waals surface area contributed by atoms with E-state index in [1.807, 2.05) is 0 Å². The Kier molecular flexibility index (Phi) is 3.53. The Morgan fingerprint density at radius 2 is 2.29 bits per heavy atom. The van der Waals surface area contributed by atoms with Gasteiger partial charge in [0.05, 0.1) is 17.8 Å². The van der Waals surface area contributed by atoms with Crippen LogP contribution in [0, 0.1) is 0 Å². The van der Waals surface area contributed by atoms with E-state index in [1.165, 1.54) is 12.3 Å². The summed E-state index contributed by atoms with van der Waals surface area (Å²) in [6.45, 7) is 0.134. The van der Waals surface area contributed by atoms with Crippen LogP contribution in [0.2, 0.25) is 0 Å². The number of nitrogen functional groups attached to an aromatic ring is 2. The van der Waals surface area contributed by atoms with Crippen LogP contribution in [0.5, 0.6) is 0 Å². The summed E-state index contributed by atoms with van der Waals surface area (Å²) in [6.07, 6.45) is 1.37. The van der Waals surface area contributed by atoms with E-state index in [-0.39, 0.29) is 23.9 Å². The molecule has 1 heterocycles. The minimum Gasteiger partial charge on any atom is -0.461 e. The Balaban J connectivity index is 2.83. The van der Waals surface area contributed by atoms with Crippen molar-refractivity contribution in [2.45, 2.75) is 0 Å². The van der Waals surface area contributed by atoms with Crippen LogP contribution < -0.4 is 11.5 Å². The molecule has 0 radical (unpaired) electrons.